The second-order valence-electron chi connectivity index (χ2n) is 4.83. The summed E-state index contributed by atoms with van der Waals surface area (Å²) in [5.41, 5.74) is 6.98. The van der Waals surface area contributed by atoms with E-state index < -0.39 is 5.30 Å². The van der Waals surface area contributed by atoms with Gasteiger partial charge in [0.25, 0.3) is 0 Å². The highest BCUT2D eigenvalue weighted by Crippen LogP contribution is 2.27. The Kier molecular flexibility index (Phi) is 8.20. The van der Waals surface area contributed by atoms with E-state index in [1.165, 1.54) is 4.90 Å². The van der Waals surface area contributed by atoms with E-state index in [4.69, 9.17) is 10.5 Å². The average Bonchev–Trinajstić information content (AvgIpc) is 2.53. The molecule has 1 aromatic heterocycles. The number of allylic oxidation sites excluding steroid dienone is 1. The molecule has 0 unspecified atom stereocenters. The van der Waals surface area contributed by atoms with Crippen LogP contribution in [-0.2, 0) is 16.1 Å². The summed E-state index contributed by atoms with van der Waals surface area (Å²) in [6.07, 6.45) is 2.43. The van der Waals surface area contributed by atoms with E-state index in [0.29, 0.717) is 34.2 Å². The molecule has 8 nitrogen and oxygen atoms in total. The van der Waals surface area contributed by atoms with Gasteiger partial charge in [-0.15, -0.1) is 0 Å². The zero-order chi connectivity index (χ0) is 18.1. The predicted octanol–water partition coefficient (Wildman–Crippen LogP) is 1.83. The zero-order valence-corrected chi connectivity index (χ0v) is 14.8. The number of aromatic nitrogens is 2. The number of thioether (sulfide) groups is 1. The molecular weight excluding hydrogens is 332 g/mol. The Balaban J connectivity index is 3.03. The highest BCUT2D eigenvalue weighted by Gasteiger charge is 2.17. The lowest BCUT2D eigenvalue weighted by Gasteiger charge is -2.21. The van der Waals surface area contributed by atoms with Gasteiger partial charge in [-0.1, -0.05) is 0 Å². The van der Waals surface area contributed by atoms with Gasteiger partial charge in [-0.25, -0.2) is 14.8 Å². The lowest BCUT2D eigenvalue weighted by molar-refractivity contribution is -0.116. The van der Waals surface area contributed by atoms with Crippen LogP contribution in [0, 0.1) is 6.92 Å². The van der Waals surface area contributed by atoms with Crippen molar-refractivity contribution in [3.8, 4) is 0 Å². The molecule has 0 aliphatic heterocycles. The Morgan fingerprint density at radius 2 is 2.25 bits per heavy atom. The van der Waals surface area contributed by atoms with Gasteiger partial charge in [-0.3, -0.25) is 4.79 Å². The second kappa shape index (κ2) is 9.89. The number of aryl methyl sites for hydroxylation is 1. The molecule has 0 aliphatic rings. The van der Waals surface area contributed by atoms with E-state index in [1.807, 2.05) is 0 Å². The fourth-order valence-corrected chi connectivity index (χ4v) is 2.70. The largest absolute Gasteiger partial charge is 0.458 e. The third kappa shape index (κ3) is 5.82. The number of rotatable bonds is 8. The Hall–Kier alpha value is -2.13. The summed E-state index contributed by atoms with van der Waals surface area (Å²) in [4.78, 5) is 33.2. The topological polar surface area (TPSA) is 119 Å². The molecule has 1 amide bonds. The Morgan fingerprint density at radius 3 is 2.79 bits per heavy atom. The first-order chi connectivity index (χ1) is 11.4. The van der Waals surface area contributed by atoms with Crippen molar-refractivity contribution in [2.24, 2.45) is 0 Å². The van der Waals surface area contributed by atoms with Gasteiger partial charge in [0.2, 0.25) is 6.41 Å². The first-order valence-corrected chi connectivity index (χ1v) is 8.19. The molecule has 0 aliphatic carbocycles. The molecule has 0 saturated carbocycles. The first kappa shape index (κ1) is 19.9. The molecule has 0 atom stereocenters. The van der Waals surface area contributed by atoms with Crippen LogP contribution >= 0.6 is 11.8 Å². The summed E-state index contributed by atoms with van der Waals surface area (Å²) >= 11 is 0.858. The average molecular weight is 354 g/mol. The molecule has 3 N–H and O–H groups in total. The number of hydrogen-bond donors (Lipinski definition) is 2. The standard InChI is InChI=1S/C15H22N4O4S/c1-4-23-15(22)24-13(5-6-20)10(2)19(9-21)8-12-7-17-11(3)18-14(12)16/h7,9,20H,4-6,8H2,1-3H3,(H2,16,17,18)/b13-10+. The lowest BCUT2D eigenvalue weighted by atomic mass is 10.2. The number of nitrogen functional groups attached to an aromatic ring is 1. The molecule has 1 rings (SSSR count). The monoisotopic (exact) mass is 354 g/mol. The van der Waals surface area contributed by atoms with E-state index in [-0.39, 0.29) is 26.2 Å². The molecule has 0 saturated heterocycles. The maximum Gasteiger partial charge on any atom is 0.371 e. The van der Waals surface area contributed by atoms with Crippen molar-refractivity contribution in [2.75, 3.05) is 18.9 Å². The van der Waals surface area contributed by atoms with Crippen molar-refractivity contribution < 1.29 is 19.4 Å². The van der Waals surface area contributed by atoms with Crippen LogP contribution < -0.4 is 5.73 Å². The summed E-state index contributed by atoms with van der Waals surface area (Å²) in [6.45, 7) is 5.39. The van der Waals surface area contributed by atoms with Crippen LogP contribution in [0.5, 0.6) is 0 Å². The molecular formula is C15H22N4O4S. The smallest absolute Gasteiger partial charge is 0.371 e. The number of hydrogen-bond acceptors (Lipinski definition) is 8. The minimum Gasteiger partial charge on any atom is -0.458 e. The number of carbonyl (C=O) groups is 2. The van der Waals surface area contributed by atoms with E-state index in [1.54, 1.807) is 27.0 Å². The van der Waals surface area contributed by atoms with E-state index >= 15 is 0 Å². The van der Waals surface area contributed by atoms with Crippen molar-refractivity contribution in [3.05, 3.63) is 28.2 Å². The SMILES string of the molecule is CCOC(=O)S/C(CCO)=C(\C)N(C=O)Cc1cnc(C)nc1N. The molecule has 0 radical (unpaired) electrons. The minimum atomic E-state index is -0.482. The lowest BCUT2D eigenvalue weighted by Crippen LogP contribution is -2.22. The number of nitrogens with two attached hydrogens (primary N) is 1. The Labute approximate surface area is 145 Å². The summed E-state index contributed by atoms with van der Waals surface area (Å²) in [5, 5.41) is 8.72. The number of nitrogens with zero attached hydrogens (tertiary/aromatic N) is 3. The van der Waals surface area contributed by atoms with E-state index in [0.717, 1.165) is 11.8 Å². The fraction of sp³-hybridized carbons (Fsp3) is 0.467. The zero-order valence-electron chi connectivity index (χ0n) is 14.0. The number of aliphatic hydroxyl groups excluding tert-OH is 1. The second-order valence-corrected chi connectivity index (χ2v) is 5.86. The van der Waals surface area contributed by atoms with Gasteiger partial charge in [-0.2, -0.15) is 0 Å². The van der Waals surface area contributed by atoms with Gasteiger partial charge in [0.05, 0.1) is 13.2 Å². The van der Waals surface area contributed by atoms with Gasteiger partial charge in [0, 0.05) is 35.4 Å². The van der Waals surface area contributed by atoms with Crippen molar-refractivity contribution in [1.29, 1.82) is 0 Å². The highest BCUT2D eigenvalue weighted by molar-refractivity contribution is 8.16. The van der Waals surface area contributed by atoms with Crippen LogP contribution in [0.15, 0.2) is 16.8 Å². The Bertz CT molecular complexity index is 621. The molecule has 132 valence electrons. The van der Waals surface area contributed by atoms with Gasteiger partial charge in [0.1, 0.15) is 11.6 Å². The van der Waals surface area contributed by atoms with Gasteiger partial charge >= 0.3 is 5.30 Å². The van der Waals surface area contributed by atoms with Crippen molar-refractivity contribution in [1.82, 2.24) is 14.9 Å². The summed E-state index contributed by atoms with van der Waals surface area (Å²) in [6, 6.07) is 0. The summed E-state index contributed by atoms with van der Waals surface area (Å²) in [5.74, 6) is 0.837. The number of carbonyl (C=O) groups excluding carboxylic acids is 2. The molecule has 0 fully saturated rings. The van der Waals surface area contributed by atoms with E-state index in [9.17, 15) is 14.7 Å². The molecule has 1 aromatic rings. The van der Waals surface area contributed by atoms with Crippen LogP contribution in [0.2, 0.25) is 0 Å². The van der Waals surface area contributed by atoms with Crippen LogP contribution in [0.4, 0.5) is 10.6 Å². The molecule has 1 heterocycles. The maximum absolute atomic E-state index is 11.7. The minimum absolute atomic E-state index is 0.151. The van der Waals surface area contributed by atoms with Crippen LogP contribution in [0.1, 0.15) is 31.7 Å². The maximum atomic E-state index is 11.7. The van der Waals surface area contributed by atoms with Crippen LogP contribution in [-0.4, -0.2) is 44.9 Å². The van der Waals surface area contributed by atoms with Crippen molar-refractivity contribution >= 4 is 29.3 Å². The van der Waals surface area contributed by atoms with Crippen molar-refractivity contribution in [2.45, 2.75) is 33.7 Å². The van der Waals surface area contributed by atoms with Gasteiger partial charge in [-0.05, 0) is 32.5 Å². The fourth-order valence-electron chi connectivity index (χ4n) is 1.87. The summed E-state index contributed by atoms with van der Waals surface area (Å²) < 4.78 is 4.89. The number of anilines is 1. The number of amides is 1. The molecule has 0 aromatic carbocycles. The normalized spacial score (nSPS) is 11.7. The first-order valence-electron chi connectivity index (χ1n) is 7.38. The quantitative estimate of drug-likeness (QED) is 0.536. The number of aliphatic hydroxyl groups is 1. The molecule has 24 heavy (non-hydrogen) atoms. The predicted molar refractivity (Wildman–Crippen MR) is 91.8 cm³/mol. The number of ether oxygens (including phenoxy) is 1. The molecule has 9 heteroatoms. The van der Waals surface area contributed by atoms with Gasteiger partial charge in [0.15, 0.2) is 0 Å². The molecule has 0 bridgehead atoms. The van der Waals surface area contributed by atoms with Crippen molar-refractivity contribution in [3.63, 3.8) is 0 Å². The third-order valence-electron chi connectivity index (χ3n) is 3.13. The van der Waals surface area contributed by atoms with Crippen LogP contribution in [0.25, 0.3) is 0 Å². The molecule has 0 spiro atoms. The van der Waals surface area contributed by atoms with Gasteiger partial charge < -0.3 is 20.5 Å². The highest BCUT2D eigenvalue weighted by atomic mass is 32.2. The van der Waals surface area contributed by atoms with Crippen LogP contribution in [0.3, 0.4) is 0 Å². The third-order valence-corrected chi connectivity index (χ3v) is 4.16. The summed E-state index contributed by atoms with van der Waals surface area (Å²) in [7, 11) is 0. The Morgan fingerprint density at radius 1 is 1.54 bits per heavy atom. The van der Waals surface area contributed by atoms with E-state index in [2.05, 4.69) is 9.97 Å².